The molecule has 0 saturated carbocycles. The fourth-order valence-electron chi connectivity index (χ4n) is 1.94. The van der Waals surface area contributed by atoms with Crippen molar-refractivity contribution in [2.75, 3.05) is 5.32 Å². The fourth-order valence-corrected chi connectivity index (χ4v) is 1.94. The lowest BCUT2D eigenvalue weighted by Gasteiger charge is -2.11. The third kappa shape index (κ3) is 2.87. The van der Waals surface area contributed by atoms with Gasteiger partial charge in [-0.1, -0.05) is 31.5 Å². The Bertz CT molecular complexity index is 474. The minimum absolute atomic E-state index is 0.817. The second-order valence-corrected chi connectivity index (χ2v) is 4.21. The molecule has 1 aromatic carbocycles. The predicted molar refractivity (Wildman–Crippen MR) is 71.0 cm³/mol. The Labute approximate surface area is 102 Å². The lowest BCUT2D eigenvalue weighted by Crippen LogP contribution is -2.06. The highest BCUT2D eigenvalue weighted by molar-refractivity contribution is 5.51. The molecule has 0 bridgehead atoms. The number of nitrogens with one attached hydrogen (secondary N) is 1. The van der Waals surface area contributed by atoms with Gasteiger partial charge in [0.15, 0.2) is 0 Å². The van der Waals surface area contributed by atoms with Crippen molar-refractivity contribution in [2.45, 2.75) is 26.3 Å². The molecule has 17 heavy (non-hydrogen) atoms. The van der Waals surface area contributed by atoms with Crippen LogP contribution in [0.5, 0.6) is 0 Å². The largest absolute Gasteiger partial charge is 0.379 e. The SMILES string of the molecule is CCCc1ccccc1NCc1ccnn1C. The Balaban J connectivity index is 2.06. The highest BCUT2D eigenvalue weighted by Gasteiger charge is 2.02. The minimum Gasteiger partial charge on any atom is -0.379 e. The Morgan fingerprint density at radius 3 is 2.76 bits per heavy atom. The number of para-hydroxylation sites is 1. The smallest absolute Gasteiger partial charge is 0.0571 e. The summed E-state index contributed by atoms with van der Waals surface area (Å²) in [6, 6.07) is 10.5. The van der Waals surface area contributed by atoms with Crippen LogP contribution in [0.15, 0.2) is 36.5 Å². The summed E-state index contributed by atoms with van der Waals surface area (Å²) in [4.78, 5) is 0. The van der Waals surface area contributed by atoms with Crippen LogP contribution in [-0.2, 0) is 20.0 Å². The number of aromatic nitrogens is 2. The first kappa shape index (κ1) is 11.7. The Hall–Kier alpha value is -1.77. The Morgan fingerprint density at radius 1 is 1.24 bits per heavy atom. The summed E-state index contributed by atoms with van der Waals surface area (Å²) >= 11 is 0. The Morgan fingerprint density at radius 2 is 2.06 bits per heavy atom. The molecule has 2 rings (SSSR count). The highest BCUT2D eigenvalue weighted by atomic mass is 15.3. The van der Waals surface area contributed by atoms with Gasteiger partial charge in [0.05, 0.1) is 12.2 Å². The maximum atomic E-state index is 4.16. The zero-order valence-electron chi connectivity index (χ0n) is 10.5. The molecule has 1 N–H and O–H groups in total. The molecule has 3 nitrogen and oxygen atoms in total. The van der Waals surface area contributed by atoms with Crippen molar-refractivity contribution in [3.05, 3.63) is 47.8 Å². The summed E-state index contributed by atoms with van der Waals surface area (Å²) in [6.07, 6.45) is 4.12. The summed E-state index contributed by atoms with van der Waals surface area (Å²) in [5.41, 5.74) is 3.81. The van der Waals surface area contributed by atoms with Crippen molar-refractivity contribution >= 4 is 5.69 Å². The van der Waals surface area contributed by atoms with Gasteiger partial charge >= 0.3 is 0 Å². The number of hydrogen-bond acceptors (Lipinski definition) is 2. The van der Waals surface area contributed by atoms with E-state index in [0.29, 0.717) is 0 Å². The summed E-state index contributed by atoms with van der Waals surface area (Å²) in [5.74, 6) is 0. The summed E-state index contributed by atoms with van der Waals surface area (Å²) < 4.78 is 1.90. The summed E-state index contributed by atoms with van der Waals surface area (Å²) in [5, 5.41) is 7.64. The molecule has 0 spiro atoms. The van der Waals surface area contributed by atoms with Crippen molar-refractivity contribution in [3.8, 4) is 0 Å². The number of benzene rings is 1. The van der Waals surface area contributed by atoms with Crippen LogP contribution >= 0.6 is 0 Å². The van der Waals surface area contributed by atoms with Gasteiger partial charge in [-0.2, -0.15) is 5.10 Å². The predicted octanol–water partition coefficient (Wildman–Crippen LogP) is 2.98. The lowest BCUT2D eigenvalue weighted by atomic mass is 10.1. The summed E-state index contributed by atoms with van der Waals surface area (Å²) in [7, 11) is 1.97. The first-order chi connectivity index (χ1) is 8.31. The van der Waals surface area contributed by atoms with Crippen LogP contribution in [0.2, 0.25) is 0 Å². The molecule has 0 aliphatic heterocycles. The molecule has 0 radical (unpaired) electrons. The maximum absolute atomic E-state index is 4.16. The van der Waals surface area contributed by atoms with Gasteiger partial charge in [0.2, 0.25) is 0 Å². The molecule has 1 aromatic heterocycles. The topological polar surface area (TPSA) is 29.9 Å². The first-order valence-electron chi connectivity index (χ1n) is 6.10. The van der Waals surface area contributed by atoms with Crippen LogP contribution in [-0.4, -0.2) is 9.78 Å². The van der Waals surface area contributed by atoms with Gasteiger partial charge in [0.25, 0.3) is 0 Å². The van der Waals surface area contributed by atoms with E-state index in [0.717, 1.165) is 13.0 Å². The molecule has 3 heteroatoms. The van der Waals surface area contributed by atoms with Crippen LogP contribution in [0.3, 0.4) is 0 Å². The fraction of sp³-hybridized carbons (Fsp3) is 0.357. The average Bonchev–Trinajstić information content (AvgIpc) is 2.74. The Kier molecular flexibility index (Phi) is 3.81. The van der Waals surface area contributed by atoms with E-state index in [1.807, 2.05) is 24.0 Å². The monoisotopic (exact) mass is 229 g/mol. The third-order valence-corrected chi connectivity index (χ3v) is 2.92. The standard InChI is InChI=1S/C14H19N3/c1-3-6-12-7-4-5-8-14(12)15-11-13-9-10-16-17(13)2/h4-5,7-10,15H,3,6,11H2,1-2H3. The third-order valence-electron chi connectivity index (χ3n) is 2.92. The van der Waals surface area contributed by atoms with E-state index in [1.165, 1.54) is 23.4 Å². The number of hydrogen-bond donors (Lipinski definition) is 1. The molecule has 0 unspecified atom stereocenters. The second-order valence-electron chi connectivity index (χ2n) is 4.21. The summed E-state index contributed by atoms with van der Waals surface area (Å²) in [6.45, 7) is 3.02. The quantitative estimate of drug-likeness (QED) is 0.854. The van der Waals surface area contributed by atoms with E-state index >= 15 is 0 Å². The number of anilines is 1. The van der Waals surface area contributed by atoms with Crippen molar-refractivity contribution in [3.63, 3.8) is 0 Å². The average molecular weight is 229 g/mol. The molecule has 0 aliphatic carbocycles. The van der Waals surface area contributed by atoms with Crippen LogP contribution in [0.1, 0.15) is 24.6 Å². The van der Waals surface area contributed by atoms with Crippen molar-refractivity contribution in [2.24, 2.45) is 7.05 Å². The molecule has 90 valence electrons. The van der Waals surface area contributed by atoms with Gasteiger partial charge in [-0.15, -0.1) is 0 Å². The van der Waals surface area contributed by atoms with Crippen LogP contribution < -0.4 is 5.32 Å². The lowest BCUT2D eigenvalue weighted by molar-refractivity contribution is 0.720. The van der Waals surface area contributed by atoms with Gasteiger partial charge in [-0.25, -0.2) is 0 Å². The van der Waals surface area contributed by atoms with Crippen LogP contribution in [0, 0.1) is 0 Å². The number of rotatable bonds is 5. The molecule has 0 saturated heterocycles. The zero-order chi connectivity index (χ0) is 12.1. The molecule has 1 heterocycles. The van der Waals surface area contributed by atoms with E-state index in [4.69, 9.17) is 0 Å². The van der Waals surface area contributed by atoms with E-state index in [-0.39, 0.29) is 0 Å². The first-order valence-corrected chi connectivity index (χ1v) is 6.10. The number of aryl methyl sites for hydroxylation is 2. The molecular formula is C14H19N3. The van der Waals surface area contributed by atoms with E-state index in [2.05, 4.69) is 41.6 Å². The molecule has 0 fully saturated rings. The zero-order valence-corrected chi connectivity index (χ0v) is 10.5. The van der Waals surface area contributed by atoms with Crippen molar-refractivity contribution in [1.29, 1.82) is 0 Å². The molecular weight excluding hydrogens is 210 g/mol. The van der Waals surface area contributed by atoms with Crippen molar-refractivity contribution < 1.29 is 0 Å². The highest BCUT2D eigenvalue weighted by Crippen LogP contribution is 2.17. The molecule has 0 aliphatic rings. The minimum atomic E-state index is 0.817. The van der Waals surface area contributed by atoms with Gasteiger partial charge in [0, 0.05) is 18.9 Å². The van der Waals surface area contributed by atoms with Crippen molar-refractivity contribution in [1.82, 2.24) is 9.78 Å². The van der Waals surface area contributed by atoms with Gasteiger partial charge in [0.1, 0.15) is 0 Å². The normalized spacial score (nSPS) is 10.5. The van der Waals surface area contributed by atoms with E-state index < -0.39 is 0 Å². The van der Waals surface area contributed by atoms with Gasteiger partial charge < -0.3 is 5.32 Å². The maximum Gasteiger partial charge on any atom is 0.0571 e. The van der Waals surface area contributed by atoms with E-state index in [1.54, 1.807) is 0 Å². The molecule has 0 atom stereocenters. The van der Waals surface area contributed by atoms with Crippen LogP contribution in [0.25, 0.3) is 0 Å². The molecule has 0 amide bonds. The van der Waals surface area contributed by atoms with E-state index in [9.17, 15) is 0 Å². The second kappa shape index (κ2) is 5.53. The van der Waals surface area contributed by atoms with Gasteiger partial charge in [-0.3, -0.25) is 4.68 Å². The van der Waals surface area contributed by atoms with Crippen LogP contribution in [0.4, 0.5) is 5.69 Å². The van der Waals surface area contributed by atoms with Gasteiger partial charge in [-0.05, 0) is 24.1 Å². The molecule has 2 aromatic rings. The number of nitrogens with zero attached hydrogens (tertiary/aromatic N) is 2.